The fourth-order valence-corrected chi connectivity index (χ4v) is 5.16. The van der Waals surface area contributed by atoms with Gasteiger partial charge >= 0.3 is 0 Å². The average Bonchev–Trinajstić information content (AvgIpc) is 2.97. The number of sulfonamides is 1. The van der Waals surface area contributed by atoms with E-state index in [4.69, 9.17) is 0 Å². The summed E-state index contributed by atoms with van der Waals surface area (Å²) in [4.78, 5) is 15.3. The molecule has 1 aromatic rings. The molecular weight excluding hydrogens is 360 g/mol. The summed E-state index contributed by atoms with van der Waals surface area (Å²) in [5.74, 6) is -0.0911. The molecule has 1 aliphatic rings. The molecule has 0 spiro atoms. The lowest BCUT2D eigenvalue weighted by molar-refractivity contribution is 0.0598. The summed E-state index contributed by atoms with van der Waals surface area (Å²) in [5.41, 5.74) is 0.450. The molecule has 1 heterocycles. The fourth-order valence-electron chi connectivity index (χ4n) is 3.60. The van der Waals surface area contributed by atoms with Gasteiger partial charge in [-0.3, -0.25) is 4.79 Å². The van der Waals surface area contributed by atoms with E-state index in [2.05, 4.69) is 13.8 Å². The highest BCUT2D eigenvalue weighted by Crippen LogP contribution is 2.23. The van der Waals surface area contributed by atoms with Crippen LogP contribution in [0, 0.1) is 0 Å². The Hall–Kier alpha value is -1.40. The van der Waals surface area contributed by atoms with Crippen LogP contribution in [0.25, 0.3) is 0 Å². The van der Waals surface area contributed by atoms with Crippen LogP contribution in [0.3, 0.4) is 0 Å². The molecule has 0 aliphatic carbocycles. The first-order valence-electron chi connectivity index (χ1n) is 10.3. The van der Waals surface area contributed by atoms with Crippen molar-refractivity contribution in [2.45, 2.75) is 83.2 Å². The molecule has 2 unspecified atom stereocenters. The number of hydrogen-bond acceptors (Lipinski definition) is 3. The van der Waals surface area contributed by atoms with Crippen molar-refractivity contribution in [2.75, 3.05) is 13.1 Å². The molecule has 0 saturated carbocycles. The van der Waals surface area contributed by atoms with Gasteiger partial charge in [0.05, 0.1) is 4.90 Å². The van der Waals surface area contributed by atoms with Crippen molar-refractivity contribution >= 4 is 15.9 Å². The molecule has 5 nitrogen and oxygen atoms in total. The predicted molar refractivity (Wildman–Crippen MR) is 109 cm³/mol. The summed E-state index contributed by atoms with van der Waals surface area (Å²) in [7, 11) is -3.56. The van der Waals surface area contributed by atoms with Gasteiger partial charge in [0.2, 0.25) is 10.0 Å². The number of hydrogen-bond donors (Lipinski definition) is 0. The van der Waals surface area contributed by atoms with E-state index in [1.54, 1.807) is 28.6 Å². The highest BCUT2D eigenvalue weighted by Gasteiger charge is 2.28. The van der Waals surface area contributed by atoms with Gasteiger partial charge in [0.15, 0.2) is 0 Å². The predicted octanol–water partition coefficient (Wildman–Crippen LogP) is 4.29. The summed E-state index contributed by atoms with van der Waals surface area (Å²) in [6.07, 6.45) is 5.66. The van der Waals surface area contributed by atoms with Gasteiger partial charge in [0.1, 0.15) is 0 Å². The Labute approximate surface area is 164 Å². The van der Waals surface area contributed by atoms with Gasteiger partial charge in [-0.05, 0) is 57.7 Å². The standard InChI is InChI=1S/C21H34N2O3S/c1-5-17(3)23(18(4)6-2)21(24)19-12-11-13-20(16-19)27(25,26)22-14-9-7-8-10-15-22/h11-13,16-18H,5-10,14-15H2,1-4H3. The van der Waals surface area contributed by atoms with Crippen LogP contribution in [0.2, 0.25) is 0 Å². The van der Waals surface area contributed by atoms with Gasteiger partial charge in [-0.25, -0.2) is 8.42 Å². The van der Waals surface area contributed by atoms with E-state index in [1.807, 2.05) is 18.7 Å². The van der Waals surface area contributed by atoms with E-state index < -0.39 is 10.0 Å². The van der Waals surface area contributed by atoms with E-state index >= 15 is 0 Å². The van der Waals surface area contributed by atoms with E-state index in [-0.39, 0.29) is 22.9 Å². The Morgan fingerprint density at radius 1 is 1.04 bits per heavy atom. The monoisotopic (exact) mass is 394 g/mol. The molecule has 27 heavy (non-hydrogen) atoms. The highest BCUT2D eigenvalue weighted by atomic mass is 32.2. The molecular formula is C21H34N2O3S. The van der Waals surface area contributed by atoms with Gasteiger partial charge in [0.25, 0.3) is 5.91 Å². The van der Waals surface area contributed by atoms with E-state index in [0.717, 1.165) is 38.5 Å². The first-order valence-corrected chi connectivity index (χ1v) is 11.7. The molecule has 1 aliphatic heterocycles. The molecule has 6 heteroatoms. The van der Waals surface area contributed by atoms with Crippen molar-refractivity contribution < 1.29 is 13.2 Å². The van der Waals surface area contributed by atoms with Crippen LogP contribution in [0.15, 0.2) is 29.2 Å². The maximum absolute atomic E-state index is 13.2. The molecule has 2 rings (SSSR count). The summed E-state index contributed by atoms with van der Waals surface area (Å²) >= 11 is 0. The minimum absolute atomic E-state index is 0.0911. The zero-order chi connectivity index (χ0) is 20.0. The minimum Gasteiger partial charge on any atom is -0.333 e. The summed E-state index contributed by atoms with van der Waals surface area (Å²) in [5, 5.41) is 0. The zero-order valence-electron chi connectivity index (χ0n) is 17.1. The van der Waals surface area contributed by atoms with Crippen LogP contribution in [-0.4, -0.2) is 48.7 Å². The molecule has 0 aromatic heterocycles. The maximum Gasteiger partial charge on any atom is 0.254 e. The number of benzene rings is 1. The molecule has 2 atom stereocenters. The molecule has 1 aromatic carbocycles. The van der Waals surface area contributed by atoms with Crippen molar-refractivity contribution in [1.82, 2.24) is 9.21 Å². The Bertz CT molecular complexity index is 715. The quantitative estimate of drug-likeness (QED) is 0.693. The van der Waals surface area contributed by atoms with Crippen LogP contribution in [-0.2, 0) is 10.0 Å². The van der Waals surface area contributed by atoms with Gasteiger partial charge in [-0.15, -0.1) is 0 Å². The summed E-state index contributed by atoms with van der Waals surface area (Å²) in [6, 6.07) is 6.79. The van der Waals surface area contributed by atoms with Crippen molar-refractivity contribution in [3.63, 3.8) is 0 Å². The van der Waals surface area contributed by atoms with Crippen LogP contribution in [0.5, 0.6) is 0 Å². The lowest BCUT2D eigenvalue weighted by Gasteiger charge is -2.34. The average molecular weight is 395 g/mol. The number of carbonyl (C=O) groups excluding carboxylic acids is 1. The molecule has 1 amide bonds. The largest absolute Gasteiger partial charge is 0.333 e. The number of rotatable bonds is 7. The van der Waals surface area contributed by atoms with Gasteiger partial charge in [-0.1, -0.05) is 32.8 Å². The molecule has 0 radical (unpaired) electrons. The van der Waals surface area contributed by atoms with Gasteiger partial charge < -0.3 is 4.90 Å². The molecule has 0 bridgehead atoms. The number of amides is 1. The Morgan fingerprint density at radius 3 is 2.11 bits per heavy atom. The van der Waals surface area contributed by atoms with Crippen molar-refractivity contribution in [1.29, 1.82) is 0 Å². The first-order chi connectivity index (χ1) is 12.8. The van der Waals surface area contributed by atoms with Crippen LogP contribution in [0.4, 0.5) is 0 Å². The molecule has 1 saturated heterocycles. The third-order valence-corrected chi connectivity index (χ3v) is 7.54. The van der Waals surface area contributed by atoms with E-state index in [1.165, 1.54) is 0 Å². The first kappa shape index (κ1) is 21.9. The third kappa shape index (κ3) is 5.11. The van der Waals surface area contributed by atoms with Crippen molar-refractivity contribution in [3.8, 4) is 0 Å². The second-order valence-electron chi connectivity index (χ2n) is 7.57. The summed E-state index contributed by atoms with van der Waals surface area (Å²) in [6.45, 7) is 9.34. The minimum atomic E-state index is -3.56. The lowest BCUT2D eigenvalue weighted by Crippen LogP contribution is -2.44. The topological polar surface area (TPSA) is 57.7 Å². The van der Waals surface area contributed by atoms with Crippen LogP contribution >= 0.6 is 0 Å². The fraction of sp³-hybridized carbons (Fsp3) is 0.667. The van der Waals surface area contributed by atoms with Gasteiger partial charge in [-0.2, -0.15) is 4.31 Å². The van der Waals surface area contributed by atoms with Gasteiger partial charge in [0, 0.05) is 30.7 Å². The Balaban J connectivity index is 2.33. The third-order valence-electron chi connectivity index (χ3n) is 5.65. The SMILES string of the molecule is CCC(C)N(C(=O)c1cccc(S(=O)(=O)N2CCCCCC2)c1)C(C)CC. The van der Waals surface area contributed by atoms with E-state index in [9.17, 15) is 13.2 Å². The molecule has 1 fully saturated rings. The molecule has 0 N–H and O–H groups in total. The zero-order valence-corrected chi connectivity index (χ0v) is 18.0. The Morgan fingerprint density at radius 2 is 1.59 bits per heavy atom. The molecule has 152 valence electrons. The van der Waals surface area contributed by atoms with Crippen molar-refractivity contribution in [3.05, 3.63) is 29.8 Å². The van der Waals surface area contributed by atoms with E-state index in [0.29, 0.717) is 18.7 Å². The summed E-state index contributed by atoms with van der Waals surface area (Å²) < 4.78 is 27.7. The number of nitrogens with zero attached hydrogens (tertiary/aromatic N) is 2. The second-order valence-corrected chi connectivity index (χ2v) is 9.51. The highest BCUT2D eigenvalue weighted by molar-refractivity contribution is 7.89. The van der Waals surface area contributed by atoms with Crippen molar-refractivity contribution in [2.24, 2.45) is 0 Å². The number of carbonyl (C=O) groups is 1. The smallest absolute Gasteiger partial charge is 0.254 e. The van der Waals surface area contributed by atoms with Crippen LogP contribution in [0.1, 0.15) is 76.6 Å². The normalized spacial score (nSPS) is 18.5. The maximum atomic E-state index is 13.2. The Kier molecular flexibility index (Phi) is 7.86. The lowest BCUT2D eigenvalue weighted by atomic mass is 10.1. The van der Waals surface area contributed by atoms with Crippen LogP contribution < -0.4 is 0 Å². The second kappa shape index (κ2) is 9.69.